The highest BCUT2D eigenvalue weighted by molar-refractivity contribution is 6.31. The van der Waals surface area contributed by atoms with Gasteiger partial charge in [0.25, 0.3) is 5.91 Å². The van der Waals surface area contributed by atoms with Crippen molar-refractivity contribution in [2.75, 3.05) is 7.05 Å². The number of carbonyl (C=O) groups is 1. The first kappa shape index (κ1) is 9.98. The molecule has 1 aromatic carbocycles. The van der Waals surface area contributed by atoms with Gasteiger partial charge >= 0.3 is 0 Å². The Morgan fingerprint density at radius 3 is 2.93 bits per heavy atom. The Bertz CT molecular complexity index is 456. The lowest BCUT2D eigenvalue weighted by Gasteiger charge is -2.16. The van der Waals surface area contributed by atoms with Gasteiger partial charge in [0.2, 0.25) is 0 Å². The fourth-order valence-electron chi connectivity index (χ4n) is 1.46. The van der Waals surface area contributed by atoms with Crippen LogP contribution in [-0.2, 0) is 0 Å². The van der Waals surface area contributed by atoms with Crippen LogP contribution < -0.4 is 5.43 Å². The van der Waals surface area contributed by atoms with Gasteiger partial charge in [0, 0.05) is 12.1 Å². The van der Waals surface area contributed by atoms with Gasteiger partial charge in [-0.05, 0) is 25.1 Å². The molecule has 1 amide bonds. The zero-order valence-electron chi connectivity index (χ0n) is 8.41. The molecule has 5 heteroatoms. The molecule has 0 spiro atoms. The van der Waals surface area contributed by atoms with E-state index in [0.717, 1.165) is 0 Å². The highest BCUT2D eigenvalue weighted by Gasteiger charge is 2.19. The Morgan fingerprint density at radius 2 is 2.20 bits per heavy atom. The minimum atomic E-state index is -0.145. The molecular formula is C10H10ClN3O. The molecule has 1 aliphatic heterocycles. The lowest BCUT2D eigenvalue weighted by Crippen LogP contribution is -2.40. The van der Waals surface area contributed by atoms with Crippen molar-refractivity contribution in [1.82, 2.24) is 10.4 Å². The average molecular weight is 224 g/mol. The molecule has 0 radical (unpaired) electrons. The van der Waals surface area contributed by atoms with E-state index in [0.29, 0.717) is 22.1 Å². The number of hydrogen-bond acceptors (Lipinski definition) is 3. The molecule has 0 aliphatic carbocycles. The molecule has 0 unspecified atom stereocenters. The highest BCUT2D eigenvalue weighted by atomic mass is 35.5. The number of nitrogens with one attached hydrogen (secondary N) is 1. The summed E-state index contributed by atoms with van der Waals surface area (Å²) in [5.41, 5.74) is 3.99. The molecule has 0 fully saturated rings. The number of amidine groups is 1. The van der Waals surface area contributed by atoms with Crippen molar-refractivity contribution in [3.63, 3.8) is 0 Å². The van der Waals surface area contributed by atoms with E-state index in [1.54, 1.807) is 32.2 Å². The minimum Gasteiger partial charge on any atom is -0.283 e. The van der Waals surface area contributed by atoms with Gasteiger partial charge in [0.1, 0.15) is 5.84 Å². The van der Waals surface area contributed by atoms with Crippen LogP contribution in [0.25, 0.3) is 0 Å². The van der Waals surface area contributed by atoms with Crippen LogP contribution in [0.1, 0.15) is 17.3 Å². The van der Waals surface area contributed by atoms with E-state index in [1.807, 2.05) is 0 Å². The van der Waals surface area contributed by atoms with Gasteiger partial charge in [-0.3, -0.25) is 15.2 Å². The molecule has 0 aromatic heterocycles. The van der Waals surface area contributed by atoms with E-state index in [9.17, 15) is 4.79 Å². The van der Waals surface area contributed by atoms with E-state index in [4.69, 9.17) is 11.6 Å². The van der Waals surface area contributed by atoms with Crippen LogP contribution in [0.2, 0.25) is 5.02 Å². The molecule has 1 heterocycles. The van der Waals surface area contributed by atoms with Gasteiger partial charge in [0.05, 0.1) is 11.3 Å². The molecular weight excluding hydrogens is 214 g/mol. The molecule has 1 N–H and O–H groups in total. The largest absolute Gasteiger partial charge is 0.283 e. The van der Waals surface area contributed by atoms with E-state index < -0.39 is 0 Å². The van der Waals surface area contributed by atoms with Crippen molar-refractivity contribution in [2.24, 2.45) is 4.99 Å². The Balaban J connectivity index is 2.61. The zero-order valence-corrected chi connectivity index (χ0v) is 9.17. The maximum absolute atomic E-state index is 11.9. The monoisotopic (exact) mass is 223 g/mol. The summed E-state index contributed by atoms with van der Waals surface area (Å²) in [5.74, 6) is 0.528. The number of rotatable bonds is 0. The Morgan fingerprint density at radius 1 is 1.47 bits per heavy atom. The Labute approximate surface area is 92.5 Å². The number of hydrazine groups is 1. The summed E-state index contributed by atoms with van der Waals surface area (Å²) in [6, 6.07) is 5.08. The van der Waals surface area contributed by atoms with Crippen molar-refractivity contribution in [1.29, 1.82) is 0 Å². The summed E-state index contributed by atoms with van der Waals surface area (Å²) in [4.78, 5) is 16.1. The molecule has 78 valence electrons. The number of aliphatic imine (C=N–C) groups is 1. The van der Waals surface area contributed by atoms with Crippen molar-refractivity contribution in [3.05, 3.63) is 28.8 Å². The molecule has 15 heavy (non-hydrogen) atoms. The van der Waals surface area contributed by atoms with Gasteiger partial charge in [-0.15, -0.1) is 0 Å². The number of benzene rings is 1. The lowest BCUT2D eigenvalue weighted by molar-refractivity contribution is 0.0761. The molecule has 0 saturated carbocycles. The smallest absolute Gasteiger partial charge is 0.274 e. The number of hydrogen-bond donors (Lipinski definition) is 1. The summed E-state index contributed by atoms with van der Waals surface area (Å²) in [5, 5.41) is 1.92. The number of halogens is 1. The maximum Gasteiger partial charge on any atom is 0.274 e. The predicted molar refractivity (Wildman–Crippen MR) is 59.5 cm³/mol. The summed E-state index contributed by atoms with van der Waals surface area (Å²) in [6.45, 7) is 1.80. The summed E-state index contributed by atoms with van der Waals surface area (Å²) in [7, 11) is 1.65. The number of carbonyl (C=O) groups excluding carboxylic acids is 1. The summed E-state index contributed by atoms with van der Waals surface area (Å²) in [6.07, 6.45) is 0. The first-order valence-electron chi connectivity index (χ1n) is 4.47. The molecule has 1 aromatic rings. The lowest BCUT2D eigenvalue weighted by atomic mass is 10.1. The van der Waals surface area contributed by atoms with Gasteiger partial charge in [0.15, 0.2) is 0 Å². The normalized spacial score (nSPS) is 15.3. The predicted octanol–water partition coefficient (Wildman–Crippen LogP) is 1.98. The summed E-state index contributed by atoms with van der Waals surface area (Å²) < 4.78 is 0. The third-order valence-electron chi connectivity index (χ3n) is 2.11. The number of amides is 1. The fourth-order valence-corrected chi connectivity index (χ4v) is 1.63. The molecule has 0 bridgehead atoms. The third-order valence-corrected chi connectivity index (χ3v) is 2.35. The van der Waals surface area contributed by atoms with Crippen molar-refractivity contribution in [3.8, 4) is 0 Å². The molecule has 0 atom stereocenters. The third kappa shape index (κ3) is 1.80. The van der Waals surface area contributed by atoms with Gasteiger partial charge < -0.3 is 0 Å². The molecule has 2 rings (SSSR count). The molecule has 0 saturated heterocycles. The zero-order chi connectivity index (χ0) is 11.0. The number of nitrogens with zero attached hydrogens (tertiary/aromatic N) is 2. The van der Waals surface area contributed by atoms with Crippen molar-refractivity contribution < 1.29 is 4.79 Å². The fraction of sp³-hybridized carbons (Fsp3) is 0.200. The van der Waals surface area contributed by atoms with Crippen LogP contribution in [0.15, 0.2) is 23.2 Å². The van der Waals surface area contributed by atoms with Crippen molar-refractivity contribution >= 4 is 29.0 Å². The maximum atomic E-state index is 11.9. The second kappa shape index (κ2) is 3.55. The molecule has 4 nitrogen and oxygen atoms in total. The number of fused-ring (bicyclic) bond motifs is 1. The van der Waals surface area contributed by atoms with Gasteiger partial charge in [-0.1, -0.05) is 11.6 Å². The van der Waals surface area contributed by atoms with Crippen LogP contribution in [0.4, 0.5) is 5.69 Å². The topological polar surface area (TPSA) is 44.7 Å². The van der Waals surface area contributed by atoms with E-state index in [-0.39, 0.29) is 5.91 Å². The van der Waals surface area contributed by atoms with Crippen LogP contribution in [0, 0.1) is 0 Å². The standard InChI is InChI=1S/C10H10ClN3O/c1-6-12-9-4-3-7(11)5-8(9)10(15)14(2)13-6/h3-5H,1-2H3,(H,12,13). The minimum absolute atomic E-state index is 0.145. The van der Waals surface area contributed by atoms with Crippen molar-refractivity contribution in [2.45, 2.75) is 6.92 Å². The van der Waals surface area contributed by atoms with Gasteiger partial charge in [-0.25, -0.2) is 4.99 Å². The van der Waals surface area contributed by atoms with Crippen LogP contribution in [0.3, 0.4) is 0 Å². The van der Waals surface area contributed by atoms with Crippen LogP contribution in [0.5, 0.6) is 0 Å². The second-order valence-corrected chi connectivity index (χ2v) is 3.77. The molecule has 1 aliphatic rings. The Hall–Kier alpha value is -1.55. The van der Waals surface area contributed by atoms with E-state index in [1.165, 1.54) is 5.01 Å². The SMILES string of the molecule is CC1=Nc2ccc(Cl)cc2C(=O)N(C)N1. The highest BCUT2D eigenvalue weighted by Crippen LogP contribution is 2.25. The first-order chi connectivity index (χ1) is 7.08. The van der Waals surface area contributed by atoms with Crippen LogP contribution >= 0.6 is 11.6 Å². The Kier molecular flexibility index (Phi) is 2.36. The first-order valence-corrected chi connectivity index (χ1v) is 4.85. The van der Waals surface area contributed by atoms with Gasteiger partial charge in [-0.2, -0.15) is 0 Å². The summed E-state index contributed by atoms with van der Waals surface area (Å²) >= 11 is 5.84. The van der Waals surface area contributed by atoms with E-state index >= 15 is 0 Å². The average Bonchev–Trinajstić information content (AvgIpc) is 2.27. The quantitative estimate of drug-likeness (QED) is 0.731. The second-order valence-electron chi connectivity index (χ2n) is 3.33. The van der Waals surface area contributed by atoms with E-state index in [2.05, 4.69) is 10.4 Å². The van der Waals surface area contributed by atoms with Crippen LogP contribution in [-0.4, -0.2) is 23.8 Å².